The highest BCUT2D eigenvalue weighted by Crippen LogP contribution is 2.41. The third-order valence-corrected chi connectivity index (χ3v) is 3.32. The Morgan fingerprint density at radius 1 is 1.28 bits per heavy atom. The van der Waals surface area contributed by atoms with Gasteiger partial charge >= 0.3 is 0 Å². The molecular weight excluding hydrogens is 231 g/mol. The van der Waals surface area contributed by atoms with Gasteiger partial charge in [-0.2, -0.15) is 0 Å². The molecule has 0 bridgehead atoms. The molecule has 1 aliphatic rings. The Labute approximate surface area is 105 Å². The molecule has 1 atom stereocenters. The van der Waals surface area contributed by atoms with E-state index in [9.17, 15) is 4.39 Å². The van der Waals surface area contributed by atoms with Crippen molar-refractivity contribution in [1.29, 1.82) is 0 Å². The standard InChI is InChI=1S/C14H15FN2O/c15-12-5-3-11(4-6-12)14(10-1-2-10)16-9-13-7-8-18-17-13/h3-8,10,14,16H,1-2,9H2. The molecule has 1 N–H and O–H groups in total. The molecule has 2 aromatic rings. The lowest BCUT2D eigenvalue weighted by molar-refractivity contribution is 0.400. The normalized spacial score (nSPS) is 16.7. The zero-order valence-corrected chi connectivity index (χ0v) is 9.97. The van der Waals surface area contributed by atoms with Crippen LogP contribution in [-0.2, 0) is 6.54 Å². The third kappa shape index (κ3) is 2.59. The zero-order valence-electron chi connectivity index (χ0n) is 9.97. The first-order chi connectivity index (χ1) is 8.83. The summed E-state index contributed by atoms with van der Waals surface area (Å²) >= 11 is 0. The number of nitrogens with zero attached hydrogens (tertiary/aromatic N) is 1. The van der Waals surface area contributed by atoms with E-state index in [4.69, 9.17) is 4.52 Å². The number of halogens is 1. The lowest BCUT2D eigenvalue weighted by atomic mass is 10.0. The Morgan fingerprint density at radius 3 is 2.67 bits per heavy atom. The Kier molecular flexibility index (Phi) is 3.11. The fraction of sp³-hybridized carbons (Fsp3) is 0.357. The van der Waals surface area contributed by atoms with Crippen molar-refractivity contribution < 1.29 is 8.91 Å². The van der Waals surface area contributed by atoms with E-state index in [2.05, 4.69) is 10.5 Å². The van der Waals surface area contributed by atoms with Crippen LogP contribution in [0.1, 0.15) is 30.1 Å². The predicted octanol–water partition coefficient (Wildman–Crippen LogP) is 3.05. The molecule has 3 rings (SSSR count). The second kappa shape index (κ2) is 4.90. The number of nitrogens with one attached hydrogen (secondary N) is 1. The highest BCUT2D eigenvalue weighted by atomic mass is 19.1. The maximum absolute atomic E-state index is 12.9. The van der Waals surface area contributed by atoms with Gasteiger partial charge in [-0.25, -0.2) is 4.39 Å². The van der Waals surface area contributed by atoms with Crippen LogP contribution in [-0.4, -0.2) is 5.16 Å². The average Bonchev–Trinajstić information content (AvgIpc) is 3.08. The predicted molar refractivity (Wildman–Crippen MR) is 65.2 cm³/mol. The van der Waals surface area contributed by atoms with Gasteiger partial charge in [-0.05, 0) is 36.5 Å². The third-order valence-electron chi connectivity index (χ3n) is 3.32. The minimum Gasteiger partial charge on any atom is -0.364 e. The summed E-state index contributed by atoms with van der Waals surface area (Å²) in [6.45, 7) is 0.676. The molecule has 0 saturated heterocycles. The number of hydrogen-bond donors (Lipinski definition) is 1. The molecular formula is C14H15FN2O. The van der Waals surface area contributed by atoms with E-state index in [-0.39, 0.29) is 11.9 Å². The summed E-state index contributed by atoms with van der Waals surface area (Å²) < 4.78 is 17.7. The van der Waals surface area contributed by atoms with E-state index in [1.807, 2.05) is 18.2 Å². The summed E-state index contributed by atoms with van der Waals surface area (Å²) in [4.78, 5) is 0. The highest BCUT2D eigenvalue weighted by molar-refractivity contribution is 5.22. The van der Waals surface area contributed by atoms with E-state index in [1.165, 1.54) is 25.0 Å². The smallest absolute Gasteiger partial charge is 0.124 e. The average molecular weight is 246 g/mol. The van der Waals surface area contributed by atoms with Crippen LogP contribution in [0, 0.1) is 11.7 Å². The van der Waals surface area contributed by atoms with E-state index < -0.39 is 0 Å². The molecule has 1 saturated carbocycles. The van der Waals surface area contributed by atoms with E-state index >= 15 is 0 Å². The van der Waals surface area contributed by atoms with Crippen LogP contribution in [0.2, 0.25) is 0 Å². The summed E-state index contributed by atoms with van der Waals surface area (Å²) in [7, 11) is 0. The van der Waals surface area contributed by atoms with Gasteiger partial charge in [0.1, 0.15) is 12.1 Å². The Bertz CT molecular complexity index is 491. The van der Waals surface area contributed by atoms with Crippen LogP contribution >= 0.6 is 0 Å². The van der Waals surface area contributed by atoms with Crippen molar-refractivity contribution in [2.45, 2.75) is 25.4 Å². The van der Waals surface area contributed by atoms with Crippen molar-refractivity contribution >= 4 is 0 Å². The Morgan fingerprint density at radius 2 is 2.06 bits per heavy atom. The van der Waals surface area contributed by atoms with Crippen LogP contribution in [0.3, 0.4) is 0 Å². The van der Waals surface area contributed by atoms with Crippen LogP contribution in [0.5, 0.6) is 0 Å². The minimum absolute atomic E-state index is 0.190. The minimum atomic E-state index is -0.190. The summed E-state index contributed by atoms with van der Waals surface area (Å²) in [6.07, 6.45) is 4.03. The second-order valence-corrected chi connectivity index (χ2v) is 4.74. The van der Waals surface area contributed by atoms with Crippen LogP contribution in [0.4, 0.5) is 4.39 Å². The SMILES string of the molecule is Fc1ccc(C(NCc2ccon2)C2CC2)cc1. The van der Waals surface area contributed by atoms with E-state index in [0.717, 1.165) is 11.3 Å². The van der Waals surface area contributed by atoms with Gasteiger partial charge in [-0.1, -0.05) is 17.3 Å². The van der Waals surface area contributed by atoms with Crippen molar-refractivity contribution in [3.05, 3.63) is 53.7 Å². The molecule has 0 radical (unpaired) electrons. The lowest BCUT2D eigenvalue weighted by Gasteiger charge is -2.18. The van der Waals surface area contributed by atoms with Crippen molar-refractivity contribution in [3.63, 3.8) is 0 Å². The van der Waals surface area contributed by atoms with Crippen LogP contribution in [0.25, 0.3) is 0 Å². The molecule has 0 aliphatic heterocycles. The molecule has 94 valence electrons. The van der Waals surface area contributed by atoms with Gasteiger partial charge < -0.3 is 9.84 Å². The second-order valence-electron chi connectivity index (χ2n) is 4.74. The molecule has 1 aromatic carbocycles. The first-order valence-corrected chi connectivity index (χ1v) is 6.21. The fourth-order valence-electron chi connectivity index (χ4n) is 2.20. The number of benzene rings is 1. The van der Waals surface area contributed by atoms with Gasteiger partial charge in [0.15, 0.2) is 0 Å². The fourth-order valence-corrected chi connectivity index (χ4v) is 2.20. The lowest BCUT2D eigenvalue weighted by Crippen LogP contribution is -2.22. The highest BCUT2D eigenvalue weighted by Gasteiger charge is 2.32. The van der Waals surface area contributed by atoms with Crippen LogP contribution in [0.15, 0.2) is 41.1 Å². The van der Waals surface area contributed by atoms with E-state index in [1.54, 1.807) is 6.26 Å². The van der Waals surface area contributed by atoms with Crippen LogP contribution < -0.4 is 5.32 Å². The molecule has 0 spiro atoms. The summed E-state index contributed by atoms with van der Waals surface area (Å²) in [5.41, 5.74) is 2.03. The van der Waals surface area contributed by atoms with Gasteiger partial charge in [0.05, 0.1) is 5.69 Å². The monoisotopic (exact) mass is 246 g/mol. The summed E-state index contributed by atoms with van der Waals surface area (Å²) in [5, 5.41) is 7.35. The number of rotatable bonds is 5. The van der Waals surface area contributed by atoms with Gasteiger partial charge in [0, 0.05) is 18.7 Å². The molecule has 0 amide bonds. The van der Waals surface area contributed by atoms with Crippen molar-refractivity contribution in [1.82, 2.24) is 10.5 Å². The molecule has 1 heterocycles. The first-order valence-electron chi connectivity index (χ1n) is 6.21. The molecule has 3 nitrogen and oxygen atoms in total. The van der Waals surface area contributed by atoms with E-state index in [0.29, 0.717) is 12.5 Å². The molecule has 1 fully saturated rings. The van der Waals surface area contributed by atoms with Crippen molar-refractivity contribution in [3.8, 4) is 0 Å². The summed E-state index contributed by atoms with van der Waals surface area (Å²) in [5.74, 6) is 0.465. The summed E-state index contributed by atoms with van der Waals surface area (Å²) in [6, 6.07) is 8.87. The quantitative estimate of drug-likeness (QED) is 0.881. The topological polar surface area (TPSA) is 38.1 Å². The Balaban J connectivity index is 1.70. The van der Waals surface area contributed by atoms with Crippen molar-refractivity contribution in [2.24, 2.45) is 5.92 Å². The Hall–Kier alpha value is -1.68. The molecule has 1 aromatic heterocycles. The first kappa shape index (κ1) is 11.4. The zero-order chi connectivity index (χ0) is 12.4. The maximum Gasteiger partial charge on any atom is 0.124 e. The molecule has 1 unspecified atom stereocenters. The molecule has 4 heteroatoms. The van der Waals surface area contributed by atoms with Gasteiger partial charge in [-0.15, -0.1) is 0 Å². The molecule has 18 heavy (non-hydrogen) atoms. The van der Waals surface area contributed by atoms with Gasteiger partial charge in [0.25, 0.3) is 0 Å². The molecule has 1 aliphatic carbocycles. The largest absolute Gasteiger partial charge is 0.364 e. The van der Waals surface area contributed by atoms with Gasteiger partial charge in [-0.3, -0.25) is 0 Å². The number of hydrogen-bond acceptors (Lipinski definition) is 3. The van der Waals surface area contributed by atoms with Crippen molar-refractivity contribution in [2.75, 3.05) is 0 Å². The number of aromatic nitrogens is 1. The maximum atomic E-state index is 12.9. The van der Waals surface area contributed by atoms with Gasteiger partial charge in [0.2, 0.25) is 0 Å².